The molecule has 2 aromatic rings. The average molecular weight is 384 g/mol. The van der Waals surface area contributed by atoms with Crippen LogP contribution in [-0.4, -0.2) is 47.3 Å². The van der Waals surface area contributed by atoms with Gasteiger partial charge in [-0.2, -0.15) is 5.10 Å². The third-order valence-electron chi connectivity index (χ3n) is 5.43. The van der Waals surface area contributed by atoms with Crippen molar-refractivity contribution >= 4 is 23.0 Å². The van der Waals surface area contributed by atoms with Crippen LogP contribution >= 0.6 is 0 Å². The summed E-state index contributed by atoms with van der Waals surface area (Å²) in [6.45, 7) is 7.43. The van der Waals surface area contributed by atoms with Gasteiger partial charge in [0.15, 0.2) is 0 Å². The van der Waals surface area contributed by atoms with Crippen molar-refractivity contribution in [2.24, 2.45) is 7.05 Å². The number of para-hydroxylation sites is 2. The fourth-order valence-electron chi connectivity index (χ4n) is 3.94. The number of unbranched alkanes of at least 4 members (excludes halogenated alkanes) is 3. The summed E-state index contributed by atoms with van der Waals surface area (Å²) in [7, 11) is 4.05. The zero-order valence-electron chi connectivity index (χ0n) is 17.7. The lowest BCUT2D eigenvalue weighted by Gasteiger charge is -2.25. The van der Waals surface area contributed by atoms with E-state index >= 15 is 0 Å². The summed E-state index contributed by atoms with van der Waals surface area (Å²) in [4.78, 5) is 17.5. The number of aromatic nitrogens is 2. The Morgan fingerprint density at radius 1 is 1.11 bits per heavy atom. The smallest absolute Gasteiger partial charge is 0.276 e. The molecule has 0 atom stereocenters. The molecule has 0 unspecified atom stereocenters. The molecule has 1 aromatic heterocycles. The first-order chi connectivity index (χ1) is 13.5. The van der Waals surface area contributed by atoms with Gasteiger partial charge in [0.1, 0.15) is 5.69 Å². The molecule has 1 N–H and O–H groups in total. The van der Waals surface area contributed by atoms with Gasteiger partial charge in [0.05, 0.1) is 22.8 Å². The van der Waals surface area contributed by atoms with E-state index < -0.39 is 0 Å². The molecular weight excluding hydrogens is 350 g/mol. The zero-order chi connectivity index (χ0) is 20.1. The van der Waals surface area contributed by atoms with E-state index in [1.54, 1.807) is 4.68 Å². The van der Waals surface area contributed by atoms with E-state index in [1.807, 2.05) is 32.2 Å². The Morgan fingerprint density at radius 3 is 2.64 bits per heavy atom. The first kappa shape index (κ1) is 20.4. The Bertz CT molecular complexity index is 813. The molecule has 6 nitrogen and oxygen atoms in total. The second-order valence-electron chi connectivity index (χ2n) is 7.75. The van der Waals surface area contributed by atoms with Gasteiger partial charge >= 0.3 is 0 Å². The standard InChI is InChI=1S/C22H33N5O/c1-5-6-14-25(3)15-10-7-11-16-27-19-13-9-8-12-18(19)23-22(28)21-20(27)17(2)24-26(21)4/h8-9,12-13H,5-7,10-11,14-16H2,1-4H3,(H,23,28). The van der Waals surface area contributed by atoms with Crippen molar-refractivity contribution in [1.29, 1.82) is 0 Å². The minimum atomic E-state index is -0.0920. The molecule has 0 aliphatic carbocycles. The maximum Gasteiger partial charge on any atom is 0.276 e. The number of fused-ring (bicyclic) bond motifs is 2. The quantitative estimate of drug-likeness (QED) is 0.655. The van der Waals surface area contributed by atoms with Crippen LogP contribution < -0.4 is 10.2 Å². The van der Waals surface area contributed by atoms with Crippen LogP contribution in [-0.2, 0) is 7.05 Å². The molecule has 1 aromatic carbocycles. The highest BCUT2D eigenvalue weighted by Gasteiger charge is 2.30. The lowest BCUT2D eigenvalue weighted by molar-refractivity contribution is 0.101. The number of nitrogens with zero attached hydrogens (tertiary/aromatic N) is 4. The number of rotatable bonds is 9. The monoisotopic (exact) mass is 383 g/mol. The minimum absolute atomic E-state index is 0.0920. The van der Waals surface area contributed by atoms with Crippen molar-refractivity contribution in [1.82, 2.24) is 14.7 Å². The normalized spacial score (nSPS) is 13.3. The van der Waals surface area contributed by atoms with Crippen molar-refractivity contribution in [3.05, 3.63) is 35.7 Å². The predicted octanol–water partition coefficient (Wildman–Crippen LogP) is 4.33. The summed E-state index contributed by atoms with van der Waals surface area (Å²) in [5.74, 6) is -0.0920. The first-order valence-corrected chi connectivity index (χ1v) is 10.4. The maximum absolute atomic E-state index is 12.8. The summed E-state index contributed by atoms with van der Waals surface area (Å²) in [6.07, 6.45) is 5.97. The highest BCUT2D eigenvalue weighted by Crippen LogP contribution is 2.39. The summed E-state index contributed by atoms with van der Waals surface area (Å²) in [6, 6.07) is 8.04. The molecular formula is C22H33N5O. The molecule has 6 heteroatoms. The van der Waals surface area contributed by atoms with E-state index in [-0.39, 0.29) is 5.91 Å². The van der Waals surface area contributed by atoms with Crippen molar-refractivity contribution in [3.63, 3.8) is 0 Å². The first-order valence-electron chi connectivity index (χ1n) is 10.4. The number of aryl methyl sites for hydroxylation is 2. The molecule has 152 valence electrons. The van der Waals surface area contributed by atoms with Gasteiger partial charge in [-0.25, -0.2) is 0 Å². The number of carbonyl (C=O) groups excluding carboxylic acids is 1. The van der Waals surface area contributed by atoms with Crippen molar-refractivity contribution in [2.45, 2.75) is 46.0 Å². The predicted molar refractivity (Wildman–Crippen MR) is 116 cm³/mol. The number of amides is 1. The Labute approximate surface area is 168 Å². The van der Waals surface area contributed by atoms with Gasteiger partial charge in [-0.05, 0) is 58.5 Å². The third kappa shape index (κ3) is 4.38. The van der Waals surface area contributed by atoms with E-state index in [4.69, 9.17) is 0 Å². The van der Waals surface area contributed by atoms with Gasteiger partial charge in [0, 0.05) is 13.6 Å². The van der Waals surface area contributed by atoms with Crippen molar-refractivity contribution in [2.75, 3.05) is 36.9 Å². The van der Waals surface area contributed by atoms with Gasteiger partial charge in [0.2, 0.25) is 0 Å². The van der Waals surface area contributed by atoms with Crippen LogP contribution in [0.1, 0.15) is 55.2 Å². The molecule has 0 saturated heterocycles. The number of hydrogen-bond donors (Lipinski definition) is 1. The van der Waals surface area contributed by atoms with Gasteiger partial charge in [-0.3, -0.25) is 9.48 Å². The fourth-order valence-corrected chi connectivity index (χ4v) is 3.94. The molecule has 0 fully saturated rings. The number of benzene rings is 1. The van der Waals surface area contributed by atoms with E-state index in [1.165, 1.54) is 32.2 Å². The summed E-state index contributed by atoms with van der Waals surface area (Å²) < 4.78 is 1.70. The Hall–Kier alpha value is -2.34. The molecule has 1 amide bonds. The number of anilines is 3. The lowest BCUT2D eigenvalue weighted by Crippen LogP contribution is -2.22. The number of nitrogens with one attached hydrogen (secondary N) is 1. The maximum atomic E-state index is 12.8. The van der Waals surface area contributed by atoms with E-state index in [0.29, 0.717) is 5.69 Å². The molecule has 1 aliphatic rings. The summed E-state index contributed by atoms with van der Waals surface area (Å²) in [5, 5.41) is 7.56. The van der Waals surface area contributed by atoms with Crippen LogP contribution in [0.25, 0.3) is 0 Å². The van der Waals surface area contributed by atoms with Crippen LogP contribution in [0.3, 0.4) is 0 Å². The van der Waals surface area contributed by atoms with Crippen LogP contribution in [0.4, 0.5) is 17.1 Å². The lowest BCUT2D eigenvalue weighted by atomic mass is 10.1. The summed E-state index contributed by atoms with van der Waals surface area (Å²) >= 11 is 0. The SMILES string of the molecule is CCCCN(C)CCCCCN1c2ccccc2NC(=O)c2c1c(C)nn2C. The Kier molecular flexibility index (Phi) is 6.73. The van der Waals surface area contributed by atoms with Crippen LogP contribution in [0.5, 0.6) is 0 Å². The van der Waals surface area contributed by atoms with Crippen molar-refractivity contribution in [3.8, 4) is 0 Å². The molecule has 0 saturated carbocycles. The fraction of sp³-hybridized carbons (Fsp3) is 0.545. The van der Waals surface area contributed by atoms with Crippen LogP contribution in [0.2, 0.25) is 0 Å². The molecule has 0 spiro atoms. The largest absolute Gasteiger partial charge is 0.336 e. The second kappa shape index (κ2) is 9.24. The summed E-state index contributed by atoms with van der Waals surface area (Å²) in [5.41, 5.74) is 4.37. The molecule has 0 bridgehead atoms. The van der Waals surface area contributed by atoms with Gasteiger partial charge in [-0.15, -0.1) is 0 Å². The van der Waals surface area contributed by atoms with Gasteiger partial charge < -0.3 is 15.1 Å². The van der Waals surface area contributed by atoms with Crippen molar-refractivity contribution < 1.29 is 4.79 Å². The second-order valence-corrected chi connectivity index (χ2v) is 7.75. The van der Waals surface area contributed by atoms with E-state index in [0.717, 1.165) is 42.3 Å². The molecule has 2 heterocycles. The van der Waals surface area contributed by atoms with Gasteiger partial charge in [0.25, 0.3) is 5.91 Å². The minimum Gasteiger partial charge on any atom is -0.336 e. The number of hydrogen-bond acceptors (Lipinski definition) is 4. The van der Waals surface area contributed by atoms with Gasteiger partial charge in [-0.1, -0.05) is 31.9 Å². The zero-order valence-corrected chi connectivity index (χ0v) is 17.7. The third-order valence-corrected chi connectivity index (χ3v) is 5.43. The van der Waals surface area contributed by atoms with Crippen LogP contribution in [0, 0.1) is 6.92 Å². The Balaban J connectivity index is 1.72. The topological polar surface area (TPSA) is 53.4 Å². The molecule has 0 radical (unpaired) electrons. The Morgan fingerprint density at radius 2 is 1.86 bits per heavy atom. The van der Waals surface area contributed by atoms with Crippen LogP contribution in [0.15, 0.2) is 24.3 Å². The average Bonchev–Trinajstić information content (AvgIpc) is 2.89. The number of carbonyl (C=O) groups is 1. The molecule has 28 heavy (non-hydrogen) atoms. The highest BCUT2D eigenvalue weighted by molar-refractivity contribution is 6.11. The highest BCUT2D eigenvalue weighted by atomic mass is 16.2. The molecule has 1 aliphatic heterocycles. The van der Waals surface area contributed by atoms with E-state index in [2.05, 4.69) is 40.3 Å². The van der Waals surface area contributed by atoms with E-state index in [9.17, 15) is 4.79 Å². The molecule has 3 rings (SSSR count).